The fourth-order valence-corrected chi connectivity index (χ4v) is 1.86. The predicted octanol–water partition coefficient (Wildman–Crippen LogP) is 3.09. The normalized spacial score (nSPS) is 12.4. The number of carbonyl (C=O) groups excluding carboxylic acids is 2. The molecular weight excluding hydrogens is 215 g/mol. The van der Waals surface area contributed by atoms with E-state index in [9.17, 15) is 14.0 Å². The van der Waals surface area contributed by atoms with Crippen molar-refractivity contribution in [1.29, 1.82) is 0 Å². The van der Waals surface area contributed by atoms with Gasteiger partial charge in [-0.3, -0.25) is 9.59 Å². The van der Waals surface area contributed by atoms with Crippen molar-refractivity contribution < 1.29 is 14.0 Å². The molecule has 1 unspecified atom stereocenters. The van der Waals surface area contributed by atoms with E-state index >= 15 is 0 Å². The molecule has 0 radical (unpaired) electrons. The Kier molecular flexibility index (Phi) is 4.62. The van der Waals surface area contributed by atoms with Gasteiger partial charge in [0.05, 0.1) is 0 Å². The van der Waals surface area contributed by atoms with E-state index in [1.807, 2.05) is 6.92 Å². The van der Waals surface area contributed by atoms with Crippen LogP contribution in [-0.2, 0) is 9.59 Å². The van der Waals surface area contributed by atoms with Gasteiger partial charge in [0.15, 0.2) is 6.17 Å². The second kappa shape index (κ2) is 5.75. The third-order valence-electron chi connectivity index (χ3n) is 2.06. The van der Waals surface area contributed by atoms with Crippen LogP contribution < -0.4 is 0 Å². The predicted molar refractivity (Wildman–Crippen MR) is 57.7 cm³/mol. The zero-order valence-corrected chi connectivity index (χ0v) is 9.35. The van der Waals surface area contributed by atoms with Crippen LogP contribution in [0.2, 0.25) is 0 Å². The highest BCUT2D eigenvalue weighted by Crippen LogP contribution is 2.24. The lowest BCUT2D eigenvalue weighted by molar-refractivity contribution is -0.139. The maximum atomic E-state index is 13.5. The molecule has 0 spiro atoms. The molecule has 0 amide bonds. The summed E-state index contributed by atoms with van der Waals surface area (Å²) in [5, 5.41) is 1.69. The summed E-state index contributed by atoms with van der Waals surface area (Å²) in [5.74, 6) is -1.51. The summed E-state index contributed by atoms with van der Waals surface area (Å²) in [4.78, 5) is 22.9. The van der Waals surface area contributed by atoms with Crippen LogP contribution in [0.25, 0.3) is 0 Å². The molecule has 15 heavy (non-hydrogen) atoms. The van der Waals surface area contributed by atoms with Crippen LogP contribution in [0.5, 0.6) is 0 Å². The Hall–Kier alpha value is -1.03. The fourth-order valence-electron chi connectivity index (χ4n) is 1.17. The van der Waals surface area contributed by atoms with Crippen LogP contribution in [0.3, 0.4) is 0 Å². The summed E-state index contributed by atoms with van der Waals surface area (Å²) in [6.07, 6.45) is -0.146. The Morgan fingerprint density at radius 1 is 1.53 bits per heavy atom. The van der Waals surface area contributed by atoms with Gasteiger partial charge in [0, 0.05) is 11.3 Å². The zero-order valence-electron chi connectivity index (χ0n) is 8.53. The molecule has 1 rings (SSSR count). The molecule has 0 aliphatic rings. The Balaban J connectivity index is 2.57. The van der Waals surface area contributed by atoms with Gasteiger partial charge in [-0.1, -0.05) is 19.4 Å². The van der Waals surface area contributed by atoms with E-state index in [0.717, 1.165) is 17.8 Å². The van der Waals surface area contributed by atoms with Crippen molar-refractivity contribution >= 4 is 22.9 Å². The maximum Gasteiger partial charge on any atom is 0.237 e. The smallest absolute Gasteiger partial charge is 0.237 e. The van der Waals surface area contributed by atoms with Crippen molar-refractivity contribution in [3.05, 3.63) is 22.4 Å². The monoisotopic (exact) mass is 228 g/mol. The van der Waals surface area contributed by atoms with Crippen LogP contribution in [0.1, 0.15) is 37.2 Å². The molecule has 0 aliphatic carbocycles. The minimum absolute atomic E-state index is 0.154. The molecule has 1 heterocycles. The van der Waals surface area contributed by atoms with Gasteiger partial charge in [-0.15, -0.1) is 11.3 Å². The van der Waals surface area contributed by atoms with Crippen molar-refractivity contribution in [2.75, 3.05) is 0 Å². The van der Waals surface area contributed by atoms with Gasteiger partial charge in [-0.2, -0.15) is 0 Å². The van der Waals surface area contributed by atoms with E-state index in [0.29, 0.717) is 11.3 Å². The van der Waals surface area contributed by atoms with Crippen molar-refractivity contribution in [1.82, 2.24) is 0 Å². The molecule has 0 saturated carbocycles. The molecule has 0 saturated heterocycles. The Morgan fingerprint density at radius 3 is 2.80 bits per heavy atom. The number of alkyl halides is 1. The summed E-state index contributed by atoms with van der Waals surface area (Å²) in [7, 11) is 0. The third-order valence-corrected chi connectivity index (χ3v) is 2.96. The quantitative estimate of drug-likeness (QED) is 0.701. The number of thiophene rings is 1. The molecule has 0 aromatic carbocycles. The first-order valence-electron chi connectivity index (χ1n) is 4.91. The van der Waals surface area contributed by atoms with E-state index in [-0.39, 0.29) is 6.42 Å². The fraction of sp³-hybridized carbons (Fsp3) is 0.455. The number of carbonyl (C=O) groups is 2. The Labute approximate surface area is 92.1 Å². The van der Waals surface area contributed by atoms with E-state index in [1.165, 1.54) is 6.07 Å². The van der Waals surface area contributed by atoms with Crippen molar-refractivity contribution in [3.8, 4) is 0 Å². The second-order valence-electron chi connectivity index (χ2n) is 3.27. The summed E-state index contributed by atoms with van der Waals surface area (Å²) < 4.78 is 13.5. The lowest BCUT2D eigenvalue weighted by Gasteiger charge is -2.03. The average Bonchev–Trinajstić information content (AvgIpc) is 2.77. The van der Waals surface area contributed by atoms with Gasteiger partial charge in [0.25, 0.3) is 0 Å². The molecule has 0 bridgehead atoms. The standard InChI is InChI=1S/C11H13FO2S/c1-2-3-5-8(13)11(14)10(12)9-6-4-7-15-9/h4,6-7,10H,2-3,5H2,1H3. The molecule has 2 nitrogen and oxygen atoms in total. The number of rotatable bonds is 6. The highest BCUT2D eigenvalue weighted by Gasteiger charge is 2.26. The molecule has 0 fully saturated rings. The van der Waals surface area contributed by atoms with Crippen LogP contribution in [0, 0.1) is 0 Å². The Morgan fingerprint density at radius 2 is 2.27 bits per heavy atom. The van der Waals surface area contributed by atoms with Gasteiger partial charge >= 0.3 is 0 Å². The molecule has 4 heteroatoms. The summed E-state index contributed by atoms with van der Waals surface area (Å²) in [6.45, 7) is 1.92. The zero-order chi connectivity index (χ0) is 11.3. The van der Waals surface area contributed by atoms with Crippen LogP contribution in [0.15, 0.2) is 17.5 Å². The number of Topliss-reactive ketones (excluding diaryl/α,β-unsaturated/α-hetero) is 2. The third kappa shape index (κ3) is 3.23. The summed E-state index contributed by atoms with van der Waals surface area (Å²) in [5.41, 5.74) is 0. The molecule has 1 aromatic heterocycles. The number of hydrogen-bond donors (Lipinski definition) is 0. The van der Waals surface area contributed by atoms with E-state index in [1.54, 1.807) is 11.4 Å². The largest absolute Gasteiger partial charge is 0.291 e. The van der Waals surface area contributed by atoms with Crippen LogP contribution in [-0.4, -0.2) is 11.6 Å². The summed E-state index contributed by atoms with van der Waals surface area (Å²) in [6, 6.07) is 3.19. The molecule has 82 valence electrons. The lowest BCUT2D eigenvalue weighted by atomic mass is 10.1. The van der Waals surface area contributed by atoms with Gasteiger partial charge < -0.3 is 0 Å². The SMILES string of the molecule is CCCCC(=O)C(=O)C(F)c1cccs1. The first-order valence-corrected chi connectivity index (χ1v) is 5.79. The Bertz CT molecular complexity index is 332. The minimum Gasteiger partial charge on any atom is -0.291 e. The minimum atomic E-state index is -1.77. The van der Waals surface area contributed by atoms with E-state index in [2.05, 4.69) is 0 Å². The topological polar surface area (TPSA) is 34.1 Å². The molecule has 0 aliphatic heterocycles. The highest BCUT2D eigenvalue weighted by atomic mass is 32.1. The number of ketones is 2. The summed E-state index contributed by atoms with van der Waals surface area (Å²) >= 11 is 1.15. The second-order valence-corrected chi connectivity index (χ2v) is 4.25. The molecule has 0 N–H and O–H groups in total. The van der Waals surface area contributed by atoms with Crippen molar-refractivity contribution in [2.45, 2.75) is 32.4 Å². The number of unbranched alkanes of at least 4 members (excludes halogenated alkanes) is 1. The maximum absolute atomic E-state index is 13.5. The van der Waals surface area contributed by atoms with Crippen LogP contribution in [0.4, 0.5) is 4.39 Å². The average molecular weight is 228 g/mol. The van der Waals surface area contributed by atoms with Crippen LogP contribution >= 0.6 is 11.3 Å². The molecule has 1 aromatic rings. The van der Waals surface area contributed by atoms with E-state index < -0.39 is 17.7 Å². The highest BCUT2D eigenvalue weighted by molar-refractivity contribution is 7.10. The molecular formula is C11H13FO2S. The van der Waals surface area contributed by atoms with E-state index in [4.69, 9.17) is 0 Å². The van der Waals surface area contributed by atoms with Gasteiger partial charge in [0.2, 0.25) is 11.6 Å². The van der Waals surface area contributed by atoms with Gasteiger partial charge in [-0.05, 0) is 17.9 Å². The van der Waals surface area contributed by atoms with Gasteiger partial charge in [0.1, 0.15) is 0 Å². The van der Waals surface area contributed by atoms with Crippen molar-refractivity contribution in [3.63, 3.8) is 0 Å². The first-order chi connectivity index (χ1) is 7.16. The first kappa shape index (κ1) is 12.0. The lowest BCUT2D eigenvalue weighted by Crippen LogP contribution is -2.18. The molecule has 1 atom stereocenters. The number of hydrogen-bond acceptors (Lipinski definition) is 3. The van der Waals surface area contributed by atoms with Gasteiger partial charge in [-0.25, -0.2) is 4.39 Å². The number of halogens is 1. The van der Waals surface area contributed by atoms with Crippen molar-refractivity contribution in [2.24, 2.45) is 0 Å².